The van der Waals surface area contributed by atoms with Crippen molar-refractivity contribution in [1.29, 1.82) is 0 Å². The summed E-state index contributed by atoms with van der Waals surface area (Å²) in [7, 11) is -3.61. The minimum Gasteiger partial charge on any atom is -0.360 e. The van der Waals surface area contributed by atoms with E-state index in [0.29, 0.717) is 42.1 Å². The van der Waals surface area contributed by atoms with E-state index >= 15 is 0 Å². The lowest BCUT2D eigenvalue weighted by Gasteiger charge is -2.34. The fourth-order valence-electron chi connectivity index (χ4n) is 3.50. The van der Waals surface area contributed by atoms with Gasteiger partial charge in [-0.25, -0.2) is 8.42 Å². The van der Waals surface area contributed by atoms with Gasteiger partial charge in [-0.3, -0.25) is 4.79 Å². The lowest BCUT2D eigenvalue weighted by atomic mass is 9.94. The van der Waals surface area contributed by atoms with Crippen LogP contribution in [0.2, 0.25) is 0 Å². The number of anilines is 1. The van der Waals surface area contributed by atoms with Crippen molar-refractivity contribution in [2.75, 3.05) is 25.0 Å². The predicted molar refractivity (Wildman–Crippen MR) is 102 cm³/mol. The molecule has 1 saturated heterocycles. The van der Waals surface area contributed by atoms with Gasteiger partial charge in [-0.05, 0) is 37.3 Å². The average molecular weight is 391 g/mol. The van der Waals surface area contributed by atoms with Crippen molar-refractivity contribution in [3.05, 3.63) is 41.7 Å². The highest BCUT2D eigenvalue weighted by Gasteiger charge is 2.31. The zero-order valence-corrected chi connectivity index (χ0v) is 16.6. The average Bonchev–Trinajstić information content (AvgIpc) is 3.04. The van der Waals surface area contributed by atoms with Crippen LogP contribution in [0.4, 0.5) is 5.82 Å². The van der Waals surface area contributed by atoms with Gasteiger partial charge in [-0.1, -0.05) is 31.1 Å². The van der Waals surface area contributed by atoms with Crippen LogP contribution in [0.15, 0.2) is 39.8 Å². The molecule has 146 valence electrons. The molecule has 1 fully saturated rings. The summed E-state index contributed by atoms with van der Waals surface area (Å²) in [5, 5.41) is 6.66. The van der Waals surface area contributed by atoms with E-state index < -0.39 is 10.0 Å². The molecular formula is C19H25N3O4S. The summed E-state index contributed by atoms with van der Waals surface area (Å²) in [6, 6.07) is 7.92. The molecule has 1 aromatic carbocycles. The first-order valence-corrected chi connectivity index (χ1v) is 10.5. The van der Waals surface area contributed by atoms with Gasteiger partial charge in [0, 0.05) is 24.7 Å². The number of sulfonamides is 1. The van der Waals surface area contributed by atoms with Crippen LogP contribution in [0.3, 0.4) is 0 Å². The van der Waals surface area contributed by atoms with Crippen LogP contribution in [-0.2, 0) is 10.0 Å². The summed E-state index contributed by atoms with van der Waals surface area (Å²) >= 11 is 0. The fourth-order valence-corrected chi connectivity index (χ4v) is 5.23. The Morgan fingerprint density at radius 3 is 2.59 bits per heavy atom. The Balaban J connectivity index is 1.75. The molecule has 1 N–H and O–H groups in total. The Morgan fingerprint density at radius 1 is 1.26 bits per heavy atom. The van der Waals surface area contributed by atoms with Gasteiger partial charge in [0.05, 0.1) is 11.4 Å². The maximum absolute atomic E-state index is 13.0. The first-order valence-electron chi connectivity index (χ1n) is 9.06. The highest BCUT2D eigenvalue weighted by Crippen LogP contribution is 2.27. The smallest absolute Gasteiger partial charge is 0.243 e. The van der Waals surface area contributed by atoms with E-state index in [9.17, 15) is 13.2 Å². The van der Waals surface area contributed by atoms with Crippen molar-refractivity contribution in [3.63, 3.8) is 0 Å². The minimum atomic E-state index is -3.61. The van der Waals surface area contributed by atoms with E-state index in [-0.39, 0.29) is 17.2 Å². The Bertz CT molecular complexity index is 913. The number of ketones is 1. The largest absolute Gasteiger partial charge is 0.360 e. The van der Waals surface area contributed by atoms with E-state index in [1.165, 1.54) is 10.4 Å². The molecule has 0 aliphatic carbocycles. The molecule has 2 unspecified atom stereocenters. The SMILES string of the molecule is Cc1cc(NCC(=O)c2cccc(S(=O)(=O)N3CC(C)CC(C)C3)c2)no1. The molecule has 2 aromatic rings. The zero-order chi connectivity index (χ0) is 19.6. The molecule has 0 spiro atoms. The fraction of sp³-hybridized carbons (Fsp3) is 0.474. The molecule has 0 amide bonds. The Kier molecular flexibility index (Phi) is 5.67. The molecule has 8 heteroatoms. The molecular weight excluding hydrogens is 366 g/mol. The number of rotatable bonds is 6. The summed E-state index contributed by atoms with van der Waals surface area (Å²) in [6.07, 6.45) is 1.03. The second-order valence-corrected chi connectivity index (χ2v) is 9.33. The summed E-state index contributed by atoms with van der Waals surface area (Å²) in [5.74, 6) is 1.55. The van der Waals surface area contributed by atoms with E-state index in [1.54, 1.807) is 31.2 Å². The third-order valence-electron chi connectivity index (χ3n) is 4.69. The lowest BCUT2D eigenvalue weighted by Crippen LogP contribution is -2.42. The van der Waals surface area contributed by atoms with Crippen molar-refractivity contribution in [2.45, 2.75) is 32.1 Å². The molecule has 1 aliphatic heterocycles. The van der Waals surface area contributed by atoms with Crippen molar-refractivity contribution in [1.82, 2.24) is 9.46 Å². The summed E-state index contributed by atoms with van der Waals surface area (Å²) in [4.78, 5) is 12.6. The van der Waals surface area contributed by atoms with Gasteiger partial charge in [0.1, 0.15) is 5.76 Å². The van der Waals surface area contributed by atoms with Crippen LogP contribution >= 0.6 is 0 Å². The third-order valence-corrected chi connectivity index (χ3v) is 6.51. The predicted octanol–water partition coefficient (Wildman–Crippen LogP) is 2.94. The first kappa shape index (κ1) is 19.6. The third kappa shape index (κ3) is 4.56. The Morgan fingerprint density at radius 2 is 1.96 bits per heavy atom. The van der Waals surface area contributed by atoms with Gasteiger partial charge >= 0.3 is 0 Å². The van der Waals surface area contributed by atoms with Crippen LogP contribution in [-0.4, -0.2) is 43.3 Å². The number of hydrogen-bond donors (Lipinski definition) is 1. The van der Waals surface area contributed by atoms with Crippen LogP contribution in [0.25, 0.3) is 0 Å². The molecule has 1 aliphatic rings. The van der Waals surface area contributed by atoms with Gasteiger partial charge in [-0.2, -0.15) is 4.31 Å². The van der Waals surface area contributed by atoms with Gasteiger partial charge in [0.2, 0.25) is 10.0 Å². The molecule has 3 rings (SSSR count). The van der Waals surface area contributed by atoms with E-state index in [0.717, 1.165) is 6.42 Å². The summed E-state index contributed by atoms with van der Waals surface area (Å²) < 4.78 is 32.5. The second kappa shape index (κ2) is 7.82. The van der Waals surface area contributed by atoms with Crippen LogP contribution in [0.1, 0.15) is 36.4 Å². The zero-order valence-electron chi connectivity index (χ0n) is 15.8. The number of nitrogens with zero attached hydrogens (tertiary/aromatic N) is 2. The first-order chi connectivity index (χ1) is 12.8. The summed E-state index contributed by atoms with van der Waals surface area (Å²) in [5.41, 5.74) is 0.349. The molecule has 7 nitrogen and oxygen atoms in total. The number of carbonyl (C=O) groups is 1. The molecule has 0 saturated carbocycles. The number of nitrogens with one attached hydrogen (secondary N) is 1. The van der Waals surface area contributed by atoms with Crippen molar-refractivity contribution in [2.24, 2.45) is 11.8 Å². The monoisotopic (exact) mass is 391 g/mol. The van der Waals surface area contributed by atoms with Gasteiger partial charge in [0.15, 0.2) is 11.6 Å². The number of benzene rings is 1. The van der Waals surface area contributed by atoms with Gasteiger partial charge in [-0.15, -0.1) is 0 Å². The van der Waals surface area contributed by atoms with Crippen LogP contribution in [0, 0.1) is 18.8 Å². The quantitative estimate of drug-likeness (QED) is 0.761. The summed E-state index contributed by atoms with van der Waals surface area (Å²) in [6.45, 7) is 6.92. The Hall–Kier alpha value is -2.19. The van der Waals surface area contributed by atoms with Crippen LogP contribution < -0.4 is 5.32 Å². The number of aryl methyl sites for hydroxylation is 1. The standard InChI is InChI=1S/C19H25N3O4S/c1-13-7-14(2)12-22(11-13)27(24,25)17-6-4-5-16(9-17)18(23)10-20-19-8-15(3)26-21-19/h4-6,8-9,13-14H,7,10-12H2,1-3H3,(H,20,21). The maximum Gasteiger partial charge on any atom is 0.243 e. The van der Waals surface area contributed by atoms with Gasteiger partial charge in [0.25, 0.3) is 0 Å². The number of carbonyl (C=O) groups excluding carboxylic acids is 1. The molecule has 2 atom stereocenters. The minimum absolute atomic E-state index is 0.00720. The number of aromatic nitrogens is 1. The highest BCUT2D eigenvalue weighted by atomic mass is 32.2. The normalized spacial score (nSPS) is 21.1. The second-order valence-electron chi connectivity index (χ2n) is 7.40. The van der Waals surface area contributed by atoms with E-state index in [2.05, 4.69) is 24.3 Å². The number of hydrogen-bond acceptors (Lipinski definition) is 6. The number of piperidine rings is 1. The van der Waals surface area contributed by atoms with Crippen molar-refractivity contribution >= 4 is 21.6 Å². The van der Waals surface area contributed by atoms with Crippen molar-refractivity contribution in [3.8, 4) is 0 Å². The maximum atomic E-state index is 13.0. The molecule has 1 aromatic heterocycles. The molecule has 0 radical (unpaired) electrons. The highest BCUT2D eigenvalue weighted by molar-refractivity contribution is 7.89. The number of Topliss-reactive ketones (excluding diaryl/α,β-unsaturated/α-hetero) is 1. The van der Waals surface area contributed by atoms with E-state index in [4.69, 9.17) is 4.52 Å². The Labute approximate surface area is 159 Å². The topological polar surface area (TPSA) is 92.5 Å². The molecule has 2 heterocycles. The molecule has 27 heavy (non-hydrogen) atoms. The molecule has 0 bridgehead atoms. The van der Waals surface area contributed by atoms with E-state index in [1.807, 2.05) is 0 Å². The van der Waals surface area contributed by atoms with Crippen molar-refractivity contribution < 1.29 is 17.7 Å². The van der Waals surface area contributed by atoms with Gasteiger partial charge < -0.3 is 9.84 Å². The lowest BCUT2D eigenvalue weighted by molar-refractivity contribution is 0.101. The van der Waals surface area contributed by atoms with Crippen LogP contribution in [0.5, 0.6) is 0 Å².